The van der Waals surface area contributed by atoms with Crippen molar-refractivity contribution < 1.29 is 14.3 Å². The number of hydrogen-bond acceptors (Lipinski definition) is 3. The largest absolute Gasteiger partial charge is 0.383 e. The van der Waals surface area contributed by atoms with Crippen molar-refractivity contribution in [2.45, 2.75) is 51.6 Å². The molecular weight excluding hydrogens is 304 g/mol. The van der Waals surface area contributed by atoms with Crippen LogP contribution in [-0.4, -0.2) is 31.6 Å². The lowest BCUT2D eigenvalue weighted by Crippen LogP contribution is -2.37. The Morgan fingerprint density at radius 1 is 1.21 bits per heavy atom. The molecule has 0 bridgehead atoms. The van der Waals surface area contributed by atoms with E-state index in [1.54, 1.807) is 19.2 Å². The Hall–Kier alpha value is -1.88. The van der Waals surface area contributed by atoms with Crippen molar-refractivity contribution in [1.29, 1.82) is 0 Å². The van der Waals surface area contributed by atoms with Crippen LogP contribution in [0, 0.1) is 5.92 Å². The van der Waals surface area contributed by atoms with Crippen molar-refractivity contribution in [1.82, 2.24) is 10.6 Å². The maximum absolute atomic E-state index is 12.2. The van der Waals surface area contributed by atoms with Crippen molar-refractivity contribution in [2.75, 3.05) is 13.7 Å². The SMILES string of the molecule is CCC(COC)NC(=O)c1ccc(CNC(=O)C2CCCC2)cc1. The molecular formula is C19H28N2O3. The summed E-state index contributed by atoms with van der Waals surface area (Å²) in [6.45, 7) is 3.03. The van der Waals surface area contributed by atoms with E-state index in [0.717, 1.165) is 37.7 Å². The molecule has 1 aromatic rings. The first kappa shape index (κ1) is 18.5. The average Bonchev–Trinajstić information content (AvgIpc) is 3.14. The van der Waals surface area contributed by atoms with Gasteiger partial charge in [0, 0.05) is 25.1 Å². The molecule has 2 rings (SSSR count). The summed E-state index contributed by atoms with van der Waals surface area (Å²) in [5, 5.41) is 5.95. The van der Waals surface area contributed by atoms with Crippen molar-refractivity contribution in [2.24, 2.45) is 5.92 Å². The second kappa shape index (κ2) is 9.42. The number of benzene rings is 1. The quantitative estimate of drug-likeness (QED) is 0.769. The molecule has 5 nitrogen and oxygen atoms in total. The van der Waals surface area contributed by atoms with Gasteiger partial charge in [0.05, 0.1) is 12.6 Å². The number of rotatable bonds is 8. The summed E-state index contributed by atoms with van der Waals surface area (Å²) in [5.74, 6) is 0.238. The molecule has 1 unspecified atom stereocenters. The van der Waals surface area contributed by atoms with Gasteiger partial charge in [-0.2, -0.15) is 0 Å². The molecule has 1 aliphatic rings. The molecule has 5 heteroatoms. The van der Waals surface area contributed by atoms with E-state index in [1.165, 1.54) is 0 Å². The van der Waals surface area contributed by atoms with Crippen LogP contribution in [0.3, 0.4) is 0 Å². The Balaban J connectivity index is 1.83. The van der Waals surface area contributed by atoms with Crippen LogP contribution in [0.1, 0.15) is 54.9 Å². The van der Waals surface area contributed by atoms with Crippen LogP contribution in [0.15, 0.2) is 24.3 Å². The zero-order valence-electron chi connectivity index (χ0n) is 14.6. The number of carbonyl (C=O) groups is 2. The summed E-state index contributed by atoms with van der Waals surface area (Å²) >= 11 is 0. The number of hydrogen-bond donors (Lipinski definition) is 2. The molecule has 1 aliphatic carbocycles. The topological polar surface area (TPSA) is 67.4 Å². The minimum atomic E-state index is -0.0968. The van der Waals surface area contributed by atoms with E-state index < -0.39 is 0 Å². The number of nitrogens with one attached hydrogen (secondary N) is 2. The van der Waals surface area contributed by atoms with Gasteiger partial charge in [-0.1, -0.05) is 31.9 Å². The molecule has 0 heterocycles. The summed E-state index contributed by atoms with van der Waals surface area (Å²) in [6.07, 6.45) is 5.15. The Bertz CT molecular complexity index is 536. The second-order valence-corrected chi connectivity index (χ2v) is 6.43. The third-order valence-corrected chi connectivity index (χ3v) is 4.60. The molecule has 2 amide bonds. The second-order valence-electron chi connectivity index (χ2n) is 6.43. The summed E-state index contributed by atoms with van der Waals surface area (Å²) < 4.78 is 5.09. The van der Waals surface area contributed by atoms with Crippen molar-refractivity contribution >= 4 is 11.8 Å². The molecule has 0 saturated heterocycles. The van der Waals surface area contributed by atoms with Gasteiger partial charge < -0.3 is 15.4 Å². The van der Waals surface area contributed by atoms with Gasteiger partial charge in [-0.15, -0.1) is 0 Å². The third-order valence-electron chi connectivity index (χ3n) is 4.60. The first-order chi connectivity index (χ1) is 11.6. The van der Waals surface area contributed by atoms with Crippen LogP contribution in [0.25, 0.3) is 0 Å². The molecule has 0 radical (unpaired) electrons. The predicted octanol–water partition coefficient (Wildman–Crippen LogP) is 2.65. The lowest BCUT2D eigenvalue weighted by atomic mass is 10.1. The molecule has 0 aromatic heterocycles. The lowest BCUT2D eigenvalue weighted by Gasteiger charge is -2.16. The highest BCUT2D eigenvalue weighted by molar-refractivity contribution is 5.94. The molecule has 1 fully saturated rings. The van der Waals surface area contributed by atoms with Crippen LogP contribution in [-0.2, 0) is 16.1 Å². The fourth-order valence-electron chi connectivity index (χ4n) is 3.03. The highest BCUT2D eigenvalue weighted by Crippen LogP contribution is 2.24. The predicted molar refractivity (Wildman–Crippen MR) is 93.7 cm³/mol. The van der Waals surface area contributed by atoms with E-state index in [9.17, 15) is 9.59 Å². The molecule has 1 atom stereocenters. The smallest absolute Gasteiger partial charge is 0.251 e. The minimum Gasteiger partial charge on any atom is -0.383 e. The van der Waals surface area contributed by atoms with Crippen molar-refractivity contribution in [3.8, 4) is 0 Å². The van der Waals surface area contributed by atoms with Gasteiger partial charge in [-0.25, -0.2) is 0 Å². The molecule has 2 N–H and O–H groups in total. The van der Waals surface area contributed by atoms with Crippen molar-refractivity contribution in [3.05, 3.63) is 35.4 Å². The molecule has 0 spiro atoms. The monoisotopic (exact) mass is 332 g/mol. The standard InChI is InChI=1S/C19H28N2O3/c1-3-17(13-24-2)21-19(23)16-10-8-14(9-11-16)12-20-18(22)15-6-4-5-7-15/h8-11,15,17H,3-7,12-13H2,1-2H3,(H,20,22)(H,21,23). The molecule has 24 heavy (non-hydrogen) atoms. The van der Waals surface area contributed by atoms with Gasteiger partial charge in [0.2, 0.25) is 5.91 Å². The summed E-state index contributed by atoms with van der Waals surface area (Å²) in [6, 6.07) is 7.40. The highest BCUT2D eigenvalue weighted by Gasteiger charge is 2.22. The van der Waals surface area contributed by atoms with E-state index in [4.69, 9.17) is 4.74 Å². The number of carbonyl (C=O) groups excluding carboxylic acids is 2. The van der Waals surface area contributed by atoms with Crippen LogP contribution in [0.2, 0.25) is 0 Å². The highest BCUT2D eigenvalue weighted by atomic mass is 16.5. The van der Waals surface area contributed by atoms with Gasteiger partial charge in [0.15, 0.2) is 0 Å². The van der Waals surface area contributed by atoms with Crippen LogP contribution in [0.4, 0.5) is 0 Å². The van der Waals surface area contributed by atoms with Gasteiger partial charge in [-0.05, 0) is 37.0 Å². The zero-order chi connectivity index (χ0) is 17.4. The van der Waals surface area contributed by atoms with E-state index in [1.807, 2.05) is 19.1 Å². The first-order valence-electron chi connectivity index (χ1n) is 8.80. The van der Waals surface area contributed by atoms with Crippen molar-refractivity contribution in [3.63, 3.8) is 0 Å². The Morgan fingerprint density at radius 2 is 1.88 bits per heavy atom. The van der Waals surface area contributed by atoms with E-state index in [2.05, 4.69) is 10.6 Å². The normalized spacial score (nSPS) is 15.9. The van der Waals surface area contributed by atoms with Gasteiger partial charge >= 0.3 is 0 Å². The van der Waals surface area contributed by atoms with Crippen LogP contribution in [0.5, 0.6) is 0 Å². The Labute approximate surface area is 144 Å². The number of methoxy groups -OCH3 is 1. The Kier molecular flexibility index (Phi) is 7.25. The molecule has 0 aliphatic heterocycles. The fraction of sp³-hybridized carbons (Fsp3) is 0.579. The Morgan fingerprint density at radius 3 is 2.46 bits per heavy atom. The van der Waals surface area contributed by atoms with Crippen LogP contribution >= 0.6 is 0 Å². The summed E-state index contributed by atoms with van der Waals surface area (Å²) in [7, 11) is 1.63. The summed E-state index contributed by atoms with van der Waals surface area (Å²) in [5.41, 5.74) is 1.62. The third kappa shape index (κ3) is 5.34. The average molecular weight is 332 g/mol. The first-order valence-corrected chi connectivity index (χ1v) is 8.80. The zero-order valence-corrected chi connectivity index (χ0v) is 14.6. The van der Waals surface area contributed by atoms with Crippen LogP contribution < -0.4 is 10.6 Å². The van der Waals surface area contributed by atoms with Gasteiger partial charge in [0.25, 0.3) is 5.91 Å². The maximum atomic E-state index is 12.2. The fourth-order valence-corrected chi connectivity index (χ4v) is 3.03. The minimum absolute atomic E-state index is 0.0212. The lowest BCUT2D eigenvalue weighted by molar-refractivity contribution is -0.124. The number of ether oxygens (including phenoxy) is 1. The van der Waals surface area contributed by atoms with E-state index in [-0.39, 0.29) is 23.8 Å². The molecule has 1 aromatic carbocycles. The summed E-state index contributed by atoms with van der Waals surface area (Å²) in [4.78, 5) is 24.2. The van der Waals surface area contributed by atoms with Gasteiger partial charge in [-0.3, -0.25) is 9.59 Å². The van der Waals surface area contributed by atoms with E-state index in [0.29, 0.717) is 18.7 Å². The molecule has 1 saturated carbocycles. The maximum Gasteiger partial charge on any atom is 0.251 e. The number of amides is 2. The molecule has 132 valence electrons. The van der Waals surface area contributed by atoms with Gasteiger partial charge in [0.1, 0.15) is 0 Å². The van der Waals surface area contributed by atoms with E-state index >= 15 is 0 Å².